The number of carbonyl (C=O) groups is 4. The summed E-state index contributed by atoms with van der Waals surface area (Å²) in [5.41, 5.74) is 2.61. The molecule has 3 heterocycles. The number of likely N-dealkylation sites (tertiary alicyclic amines) is 1. The molecule has 5 aromatic rings. The molecule has 1 saturated heterocycles. The topological polar surface area (TPSA) is 160 Å². The number of nitrogens with one attached hydrogen (secondary N) is 2. The zero-order chi connectivity index (χ0) is 53.2. The first-order valence-electron chi connectivity index (χ1n) is 24.4. The molecule has 2 N–H and O–H groups in total. The second-order valence-electron chi connectivity index (χ2n) is 20.2. The van der Waals surface area contributed by atoms with Crippen LogP contribution in [0.1, 0.15) is 75.3 Å². The van der Waals surface area contributed by atoms with E-state index in [-0.39, 0.29) is 54.8 Å². The van der Waals surface area contributed by atoms with Crippen LogP contribution in [0.4, 0.5) is 4.39 Å². The predicted molar refractivity (Wildman–Crippen MR) is 281 cm³/mol. The largest absolute Gasteiger partial charge is 0.460 e. The SMILES string of the molecule is COC[C@H](NC(=O)[C@H](C)NCc1c(F)cc(Cl)cc1Oc1ccc(-c2cnc(CN(C)C)n2C)cc1)C(=O)N(C)[C@@]1(Cc2ccc(Cl)cc2)CCCN(C(=O)[C@@H](CC(=O)OC(C)(C)C)Cc2cccc(C)n2)C1. The number of carbonyl (C=O) groups excluding carboxylic acids is 4. The lowest BCUT2D eigenvalue weighted by Gasteiger charge is -2.49. The molecular weight excluding hydrogens is 975 g/mol. The first-order valence-corrected chi connectivity index (χ1v) is 25.2. The summed E-state index contributed by atoms with van der Waals surface area (Å²) >= 11 is 12.6. The van der Waals surface area contributed by atoms with Gasteiger partial charge in [0.05, 0.1) is 49.0 Å². The van der Waals surface area contributed by atoms with Crippen LogP contribution in [0.3, 0.4) is 0 Å². The number of benzene rings is 3. The standard InChI is InChI=1S/C55H69Cl2FN8O7/c1-35-13-11-14-42(61-35)25-39(26-50(67)73-54(3,4)5)52(69)66-24-12-23-55(34-66,29-37-15-19-40(56)20-16-37)65(9)53(70)46(33-71-10)62-51(68)36(2)59-30-44-45(58)27-41(57)28-48(44)72-43-21-17-38(18-22-43)47-31-60-49(64(47)8)32-63(6)7/h11,13-22,27-28,31,36,39,46,59H,12,23-26,29-30,32-34H2,1-10H3,(H,62,68)/t36-,39+,46-,55+/m0/s1. The number of esters is 1. The van der Waals surface area contributed by atoms with E-state index in [9.17, 15) is 19.2 Å². The van der Waals surface area contributed by atoms with Crippen LogP contribution in [-0.4, -0.2) is 124 Å². The number of methoxy groups -OCH3 is 1. The van der Waals surface area contributed by atoms with Gasteiger partial charge in [-0.05, 0) is 134 Å². The molecular formula is C55H69Cl2FN8O7. The molecule has 0 spiro atoms. The third-order valence-electron chi connectivity index (χ3n) is 12.9. The highest BCUT2D eigenvalue weighted by Crippen LogP contribution is 2.35. The van der Waals surface area contributed by atoms with Crippen molar-refractivity contribution in [2.45, 2.75) is 103 Å². The minimum atomic E-state index is -1.15. The van der Waals surface area contributed by atoms with Crippen LogP contribution >= 0.6 is 23.2 Å². The molecule has 18 heteroatoms. The normalized spacial score (nSPS) is 16.2. The van der Waals surface area contributed by atoms with E-state index in [1.54, 1.807) is 68.8 Å². The summed E-state index contributed by atoms with van der Waals surface area (Å²) in [6, 6.07) is 20.9. The Kier molecular flexibility index (Phi) is 19.2. The van der Waals surface area contributed by atoms with Gasteiger partial charge < -0.3 is 44.1 Å². The molecule has 3 amide bonds. The molecule has 392 valence electrons. The van der Waals surface area contributed by atoms with Gasteiger partial charge in [0.1, 0.15) is 34.8 Å². The average Bonchev–Trinajstić information content (AvgIpc) is 3.68. The lowest BCUT2D eigenvalue weighted by molar-refractivity contribution is -0.159. The highest BCUT2D eigenvalue weighted by atomic mass is 35.5. The fourth-order valence-electron chi connectivity index (χ4n) is 9.14. The van der Waals surface area contributed by atoms with Crippen molar-refractivity contribution >= 4 is 46.9 Å². The van der Waals surface area contributed by atoms with E-state index in [1.165, 1.54) is 19.2 Å². The van der Waals surface area contributed by atoms with E-state index in [2.05, 4.69) is 20.6 Å². The van der Waals surface area contributed by atoms with Gasteiger partial charge in [-0.1, -0.05) is 41.4 Å². The van der Waals surface area contributed by atoms with Gasteiger partial charge in [0.25, 0.3) is 0 Å². The molecule has 15 nitrogen and oxygen atoms in total. The van der Waals surface area contributed by atoms with Gasteiger partial charge in [-0.2, -0.15) is 0 Å². The Labute approximate surface area is 438 Å². The predicted octanol–water partition coefficient (Wildman–Crippen LogP) is 8.35. The maximum Gasteiger partial charge on any atom is 0.307 e. The number of hydrogen-bond acceptors (Lipinski definition) is 11. The highest BCUT2D eigenvalue weighted by Gasteiger charge is 2.45. The molecule has 0 radical (unpaired) electrons. The molecule has 2 aromatic heterocycles. The maximum atomic E-state index is 15.7. The Hall–Kier alpha value is -5.91. The molecule has 0 saturated carbocycles. The number of nitrogens with zero attached hydrogens (tertiary/aromatic N) is 6. The molecule has 1 fully saturated rings. The molecule has 0 bridgehead atoms. The van der Waals surface area contributed by atoms with Gasteiger partial charge in [0.15, 0.2) is 0 Å². The third-order valence-corrected chi connectivity index (χ3v) is 13.4. The molecule has 4 atom stereocenters. The van der Waals surface area contributed by atoms with Crippen LogP contribution in [0.5, 0.6) is 11.5 Å². The summed E-state index contributed by atoms with van der Waals surface area (Å²) in [7, 11) is 9.05. The molecule has 0 aliphatic carbocycles. The second kappa shape index (κ2) is 24.9. The number of aryl methyl sites for hydroxylation is 1. The van der Waals surface area contributed by atoms with E-state index in [1.807, 2.05) is 86.2 Å². The Balaban J connectivity index is 1.18. The zero-order valence-electron chi connectivity index (χ0n) is 43.6. The van der Waals surface area contributed by atoms with Crippen LogP contribution < -0.4 is 15.4 Å². The Morgan fingerprint density at radius 2 is 1.68 bits per heavy atom. The third kappa shape index (κ3) is 15.3. The minimum Gasteiger partial charge on any atom is -0.460 e. The number of likely N-dealkylation sites (N-methyl/N-ethyl adjacent to an activating group) is 1. The molecule has 3 aromatic carbocycles. The zero-order valence-corrected chi connectivity index (χ0v) is 45.1. The highest BCUT2D eigenvalue weighted by molar-refractivity contribution is 6.31. The Morgan fingerprint density at radius 1 is 0.973 bits per heavy atom. The second-order valence-corrected chi connectivity index (χ2v) is 21.1. The summed E-state index contributed by atoms with van der Waals surface area (Å²) < 4.78 is 35.1. The minimum absolute atomic E-state index is 0.125. The number of pyridine rings is 1. The number of rotatable bonds is 21. The fraction of sp³-hybridized carbons (Fsp3) is 0.455. The van der Waals surface area contributed by atoms with Gasteiger partial charge in [-0.25, -0.2) is 9.37 Å². The maximum absolute atomic E-state index is 15.7. The van der Waals surface area contributed by atoms with Crippen LogP contribution in [0.15, 0.2) is 85.1 Å². The van der Waals surface area contributed by atoms with Gasteiger partial charge in [0, 0.05) is 79.8 Å². The number of piperidine rings is 1. The number of ether oxygens (including phenoxy) is 3. The van der Waals surface area contributed by atoms with Crippen LogP contribution in [0.2, 0.25) is 10.0 Å². The molecule has 6 rings (SSSR count). The number of amides is 3. The van der Waals surface area contributed by atoms with Crippen molar-refractivity contribution in [2.75, 3.05) is 47.9 Å². The van der Waals surface area contributed by atoms with Crippen LogP contribution in [0.25, 0.3) is 11.3 Å². The number of imidazole rings is 1. The van der Waals surface area contributed by atoms with E-state index < -0.39 is 52.7 Å². The lowest BCUT2D eigenvalue weighted by Crippen LogP contribution is -2.65. The Bertz CT molecular complexity index is 2710. The fourth-order valence-corrected chi connectivity index (χ4v) is 9.46. The Morgan fingerprint density at radius 3 is 2.34 bits per heavy atom. The van der Waals surface area contributed by atoms with Gasteiger partial charge in [-0.15, -0.1) is 0 Å². The van der Waals surface area contributed by atoms with Crippen molar-refractivity contribution in [3.8, 4) is 22.8 Å². The van der Waals surface area contributed by atoms with E-state index in [4.69, 9.17) is 37.4 Å². The summed E-state index contributed by atoms with van der Waals surface area (Å²) in [6.07, 6.45) is 3.29. The first kappa shape index (κ1) is 56.4. The van der Waals surface area contributed by atoms with E-state index in [0.717, 1.165) is 28.3 Å². The quantitative estimate of drug-likeness (QED) is 0.0681. The number of halogens is 3. The van der Waals surface area contributed by atoms with Crippen LogP contribution in [0, 0.1) is 18.7 Å². The summed E-state index contributed by atoms with van der Waals surface area (Å²) in [5.74, 6) is -1.64. The van der Waals surface area contributed by atoms with E-state index >= 15 is 4.39 Å². The summed E-state index contributed by atoms with van der Waals surface area (Å²) in [4.78, 5) is 71.6. The number of hydrogen-bond donors (Lipinski definition) is 2. The van der Waals surface area contributed by atoms with Crippen molar-refractivity contribution in [3.63, 3.8) is 0 Å². The van der Waals surface area contributed by atoms with E-state index in [0.29, 0.717) is 48.8 Å². The molecule has 73 heavy (non-hydrogen) atoms. The first-order chi connectivity index (χ1) is 34.5. The lowest BCUT2D eigenvalue weighted by atomic mass is 9.80. The van der Waals surface area contributed by atoms with Gasteiger partial charge >= 0.3 is 5.97 Å². The summed E-state index contributed by atoms with van der Waals surface area (Å²) in [6.45, 7) is 9.75. The number of aromatic nitrogens is 3. The smallest absolute Gasteiger partial charge is 0.307 e. The van der Waals surface area contributed by atoms with Gasteiger partial charge in [0.2, 0.25) is 17.7 Å². The van der Waals surface area contributed by atoms with Crippen molar-refractivity contribution < 1.29 is 37.8 Å². The van der Waals surface area contributed by atoms with Crippen molar-refractivity contribution in [1.82, 2.24) is 39.9 Å². The van der Waals surface area contributed by atoms with Crippen molar-refractivity contribution in [3.05, 3.63) is 129 Å². The van der Waals surface area contributed by atoms with Crippen molar-refractivity contribution in [2.24, 2.45) is 13.0 Å². The molecule has 1 aliphatic rings. The monoisotopic (exact) mass is 1040 g/mol. The average molecular weight is 1040 g/mol. The molecule has 1 aliphatic heterocycles. The van der Waals surface area contributed by atoms with Gasteiger partial charge in [-0.3, -0.25) is 24.2 Å². The van der Waals surface area contributed by atoms with Crippen molar-refractivity contribution in [1.29, 1.82) is 0 Å². The van der Waals surface area contributed by atoms with Crippen LogP contribution in [-0.2, 0) is 61.6 Å². The molecule has 0 unspecified atom stereocenters. The summed E-state index contributed by atoms with van der Waals surface area (Å²) in [5, 5.41) is 6.64.